The quantitative estimate of drug-likeness (QED) is 0.163. The number of ketones is 2. The number of urea groups is 1. The maximum absolute atomic E-state index is 12.8. The number of Topliss-reactive ketones (excluding diaryl/α,β-unsaturated/α-hetero) is 2. The van der Waals surface area contributed by atoms with Gasteiger partial charge in [0.2, 0.25) is 5.91 Å². The number of amides is 3. The number of nitrogens with two attached hydrogens (primary N) is 1. The van der Waals surface area contributed by atoms with Gasteiger partial charge >= 0.3 is 6.03 Å². The van der Waals surface area contributed by atoms with Gasteiger partial charge in [-0.2, -0.15) is 0 Å². The molecule has 0 fully saturated rings. The third kappa shape index (κ3) is 19.1. The third-order valence-electron chi connectivity index (χ3n) is 5.32. The second-order valence-corrected chi connectivity index (χ2v) is 8.90. The molecular formula is C25H47N3O8. The molecule has 4 N–H and O–H groups in total. The van der Waals surface area contributed by atoms with Crippen molar-refractivity contribution in [1.82, 2.24) is 10.6 Å². The number of carbonyl (C=O) groups excluding carboxylic acids is 4. The molecule has 0 unspecified atom stereocenters. The van der Waals surface area contributed by atoms with Crippen molar-refractivity contribution in [3.05, 3.63) is 0 Å². The maximum atomic E-state index is 12.8. The van der Waals surface area contributed by atoms with E-state index in [1.165, 1.54) is 6.92 Å². The Hall–Kier alpha value is -2.08. The number of hydrogen-bond acceptors (Lipinski definition) is 8. The normalized spacial score (nSPS) is 12.8. The molecule has 11 heteroatoms. The number of rotatable bonds is 24. The van der Waals surface area contributed by atoms with Gasteiger partial charge in [-0.1, -0.05) is 20.8 Å². The summed E-state index contributed by atoms with van der Waals surface area (Å²) in [5, 5.41) is 5.24. The SMILES string of the molecule is CCCOCCOCCOCCOCCC(=O)N[C@H](C(=O)C[C@@H](CCCNC(N)=O)C(C)=O)C(C)C. The summed E-state index contributed by atoms with van der Waals surface area (Å²) < 4.78 is 21.5. The summed E-state index contributed by atoms with van der Waals surface area (Å²) in [6.45, 7) is 11.3. The van der Waals surface area contributed by atoms with Gasteiger partial charge in [-0.3, -0.25) is 14.4 Å². The molecule has 0 aromatic carbocycles. The molecule has 0 aliphatic carbocycles. The monoisotopic (exact) mass is 517 g/mol. The number of carbonyl (C=O) groups is 4. The van der Waals surface area contributed by atoms with Crippen LogP contribution in [0.4, 0.5) is 4.79 Å². The number of primary amides is 1. The minimum absolute atomic E-state index is 0.0400. The summed E-state index contributed by atoms with van der Waals surface area (Å²) >= 11 is 0. The van der Waals surface area contributed by atoms with E-state index in [9.17, 15) is 19.2 Å². The summed E-state index contributed by atoms with van der Waals surface area (Å²) in [4.78, 5) is 47.9. The minimum Gasteiger partial charge on any atom is -0.379 e. The summed E-state index contributed by atoms with van der Waals surface area (Å²) in [6.07, 6.45) is 2.13. The Morgan fingerprint density at radius 2 is 1.36 bits per heavy atom. The van der Waals surface area contributed by atoms with E-state index in [0.717, 1.165) is 13.0 Å². The lowest BCUT2D eigenvalue weighted by atomic mass is 9.88. The highest BCUT2D eigenvalue weighted by molar-refractivity contribution is 5.92. The van der Waals surface area contributed by atoms with Crippen molar-refractivity contribution in [1.29, 1.82) is 0 Å². The Morgan fingerprint density at radius 1 is 0.833 bits per heavy atom. The summed E-state index contributed by atoms with van der Waals surface area (Å²) in [5.74, 6) is -1.16. The second-order valence-electron chi connectivity index (χ2n) is 8.90. The topological polar surface area (TPSA) is 155 Å². The Bertz CT molecular complexity index is 630. The highest BCUT2D eigenvalue weighted by atomic mass is 16.6. The van der Waals surface area contributed by atoms with E-state index < -0.39 is 18.0 Å². The first-order valence-corrected chi connectivity index (χ1v) is 12.9. The van der Waals surface area contributed by atoms with E-state index in [1.807, 2.05) is 13.8 Å². The molecule has 2 atom stereocenters. The van der Waals surface area contributed by atoms with Gasteiger partial charge in [-0.15, -0.1) is 0 Å². The molecule has 0 spiro atoms. The zero-order valence-corrected chi connectivity index (χ0v) is 22.5. The van der Waals surface area contributed by atoms with Crippen molar-refractivity contribution < 1.29 is 38.1 Å². The first kappa shape index (κ1) is 33.9. The lowest BCUT2D eigenvalue weighted by molar-refractivity contribution is -0.131. The lowest BCUT2D eigenvalue weighted by Gasteiger charge is -2.23. The van der Waals surface area contributed by atoms with Crippen LogP contribution < -0.4 is 16.4 Å². The molecule has 0 aliphatic rings. The van der Waals surface area contributed by atoms with Gasteiger partial charge in [0.25, 0.3) is 0 Å². The van der Waals surface area contributed by atoms with Crippen LogP contribution in [0.5, 0.6) is 0 Å². The zero-order valence-electron chi connectivity index (χ0n) is 22.5. The Morgan fingerprint density at radius 3 is 1.83 bits per heavy atom. The van der Waals surface area contributed by atoms with Gasteiger partial charge in [0.05, 0.1) is 52.3 Å². The van der Waals surface area contributed by atoms with E-state index in [0.29, 0.717) is 59.0 Å². The van der Waals surface area contributed by atoms with Gasteiger partial charge in [-0.25, -0.2) is 4.79 Å². The fourth-order valence-electron chi connectivity index (χ4n) is 3.31. The van der Waals surface area contributed by atoms with E-state index in [4.69, 9.17) is 24.7 Å². The largest absolute Gasteiger partial charge is 0.379 e. The predicted octanol–water partition coefficient (Wildman–Crippen LogP) is 1.61. The molecule has 210 valence electrons. The van der Waals surface area contributed by atoms with Crippen molar-refractivity contribution >= 4 is 23.5 Å². The van der Waals surface area contributed by atoms with Crippen molar-refractivity contribution in [3.63, 3.8) is 0 Å². The van der Waals surface area contributed by atoms with Crippen LogP contribution in [0.1, 0.15) is 59.8 Å². The van der Waals surface area contributed by atoms with Crippen LogP contribution in [0.15, 0.2) is 0 Å². The molecule has 36 heavy (non-hydrogen) atoms. The summed E-state index contributed by atoms with van der Waals surface area (Å²) in [5.41, 5.74) is 5.03. The molecule has 0 aromatic heterocycles. The third-order valence-corrected chi connectivity index (χ3v) is 5.32. The molecule has 3 amide bonds. The standard InChI is InChI=1S/C25H47N3O8/c1-5-10-33-12-14-35-16-17-36-15-13-34-11-8-23(31)28-24(19(2)3)22(30)18-21(20(4)29)7-6-9-27-25(26)32/h19,21,24H,5-18H2,1-4H3,(H,28,31)(H3,26,27,32)/t21-,24+/m1/s1. The summed E-state index contributed by atoms with van der Waals surface area (Å²) in [7, 11) is 0. The van der Waals surface area contributed by atoms with Crippen LogP contribution in [0, 0.1) is 11.8 Å². The predicted molar refractivity (Wildman–Crippen MR) is 136 cm³/mol. The van der Waals surface area contributed by atoms with E-state index >= 15 is 0 Å². The molecular weight excluding hydrogens is 470 g/mol. The highest BCUT2D eigenvalue weighted by Crippen LogP contribution is 2.17. The Kier molecular flexibility index (Phi) is 20.9. The molecule has 0 bridgehead atoms. The van der Waals surface area contributed by atoms with Gasteiger partial charge in [-0.05, 0) is 32.1 Å². The number of nitrogens with one attached hydrogen (secondary N) is 2. The number of hydrogen-bond donors (Lipinski definition) is 3. The average Bonchev–Trinajstić information content (AvgIpc) is 2.81. The average molecular weight is 518 g/mol. The number of ether oxygens (including phenoxy) is 4. The van der Waals surface area contributed by atoms with Gasteiger partial charge in [0, 0.05) is 31.9 Å². The molecule has 11 nitrogen and oxygen atoms in total. The fraction of sp³-hybridized carbons (Fsp3) is 0.840. The van der Waals surface area contributed by atoms with Gasteiger partial charge in [0.1, 0.15) is 5.78 Å². The first-order chi connectivity index (χ1) is 17.2. The fourth-order valence-corrected chi connectivity index (χ4v) is 3.31. The van der Waals surface area contributed by atoms with Crippen LogP contribution >= 0.6 is 0 Å². The Labute approximate surface area is 215 Å². The Balaban J connectivity index is 4.13. The smallest absolute Gasteiger partial charge is 0.312 e. The molecule has 0 radical (unpaired) electrons. The van der Waals surface area contributed by atoms with Crippen LogP contribution in [0.3, 0.4) is 0 Å². The van der Waals surface area contributed by atoms with Crippen LogP contribution in [-0.4, -0.2) is 88.9 Å². The zero-order chi connectivity index (χ0) is 27.2. The van der Waals surface area contributed by atoms with Crippen molar-refractivity contribution in [2.45, 2.75) is 65.8 Å². The van der Waals surface area contributed by atoms with Crippen molar-refractivity contribution in [2.24, 2.45) is 17.6 Å². The first-order valence-electron chi connectivity index (χ1n) is 12.9. The second kappa shape index (κ2) is 22.1. The molecule has 0 saturated heterocycles. The van der Waals surface area contributed by atoms with E-state index in [1.54, 1.807) is 0 Å². The van der Waals surface area contributed by atoms with Gasteiger partial charge in [0.15, 0.2) is 5.78 Å². The van der Waals surface area contributed by atoms with Gasteiger partial charge < -0.3 is 35.3 Å². The molecule has 0 saturated carbocycles. The van der Waals surface area contributed by atoms with Crippen LogP contribution in [0.25, 0.3) is 0 Å². The minimum atomic E-state index is -0.682. The molecule has 0 aromatic rings. The lowest BCUT2D eigenvalue weighted by Crippen LogP contribution is -2.45. The molecule has 0 rings (SSSR count). The van der Waals surface area contributed by atoms with E-state index in [-0.39, 0.29) is 42.8 Å². The molecule has 0 heterocycles. The summed E-state index contributed by atoms with van der Waals surface area (Å²) in [6, 6.07) is -1.31. The van der Waals surface area contributed by atoms with E-state index in [2.05, 4.69) is 17.6 Å². The van der Waals surface area contributed by atoms with Crippen LogP contribution in [0.2, 0.25) is 0 Å². The van der Waals surface area contributed by atoms with Crippen molar-refractivity contribution in [3.8, 4) is 0 Å². The van der Waals surface area contributed by atoms with Crippen LogP contribution in [-0.2, 0) is 33.3 Å². The van der Waals surface area contributed by atoms with Crippen molar-refractivity contribution in [2.75, 3.05) is 59.4 Å². The highest BCUT2D eigenvalue weighted by Gasteiger charge is 2.27. The molecule has 0 aliphatic heterocycles. The maximum Gasteiger partial charge on any atom is 0.312 e.